The van der Waals surface area contributed by atoms with E-state index < -0.39 is 0 Å². The highest BCUT2D eigenvalue weighted by molar-refractivity contribution is 6.30. The molecule has 0 aliphatic heterocycles. The molecule has 4 aromatic rings. The number of ether oxygens (including phenoxy) is 1. The van der Waals surface area contributed by atoms with Crippen molar-refractivity contribution in [3.63, 3.8) is 0 Å². The molecule has 4 aromatic carbocycles. The summed E-state index contributed by atoms with van der Waals surface area (Å²) in [6.07, 6.45) is 1.79. The molecule has 0 atom stereocenters. The van der Waals surface area contributed by atoms with E-state index in [1.165, 1.54) is 5.56 Å². The van der Waals surface area contributed by atoms with Crippen molar-refractivity contribution in [3.05, 3.63) is 125 Å². The summed E-state index contributed by atoms with van der Waals surface area (Å²) in [5.74, 6) is 0.530. The molecule has 0 unspecified atom stereocenters. The summed E-state index contributed by atoms with van der Waals surface area (Å²) in [7, 11) is 0. The van der Waals surface area contributed by atoms with Gasteiger partial charge in [-0.15, -0.1) is 0 Å². The van der Waals surface area contributed by atoms with Crippen molar-refractivity contribution in [2.45, 2.75) is 19.4 Å². The van der Waals surface area contributed by atoms with Gasteiger partial charge >= 0.3 is 0 Å². The summed E-state index contributed by atoms with van der Waals surface area (Å²) >= 11 is 6.21. The molecule has 1 amide bonds. The SMILES string of the molecule is O=C(NCCCc1ccccc1)c1cc(OCc2ccccc2)ccc1-c1cccc(Cl)c1. The van der Waals surface area contributed by atoms with Gasteiger partial charge in [-0.05, 0) is 65.4 Å². The number of carbonyl (C=O) groups is 1. The molecule has 0 aromatic heterocycles. The van der Waals surface area contributed by atoms with Crippen molar-refractivity contribution in [2.75, 3.05) is 6.54 Å². The molecule has 0 spiro atoms. The minimum absolute atomic E-state index is 0.122. The van der Waals surface area contributed by atoms with Crippen LogP contribution in [-0.2, 0) is 13.0 Å². The van der Waals surface area contributed by atoms with Crippen LogP contribution < -0.4 is 10.1 Å². The lowest BCUT2D eigenvalue weighted by Crippen LogP contribution is -2.25. The minimum atomic E-state index is -0.122. The van der Waals surface area contributed by atoms with Gasteiger partial charge in [-0.2, -0.15) is 0 Å². The first-order valence-corrected chi connectivity index (χ1v) is 11.5. The van der Waals surface area contributed by atoms with E-state index in [4.69, 9.17) is 16.3 Å². The topological polar surface area (TPSA) is 38.3 Å². The fourth-order valence-corrected chi connectivity index (χ4v) is 3.87. The molecular formula is C29H26ClNO2. The number of benzene rings is 4. The number of nitrogens with one attached hydrogen (secondary N) is 1. The van der Waals surface area contributed by atoms with Crippen LogP contribution in [-0.4, -0.2) is 12.5 Å². The highest BCUT2D eigenvalue weighted by atomic mass is 35.5. The lowest BCUT2D eigenvalue weighted by atomic mass is 9.98. The molecule has 4 rings (SSSR count). The van der Waals surface area contributed by atoms with E-state index in [0.717, 1.165) is 29.5 Å². The normalized spacial score (nSPS) is 10.6. The Morgan fingerprint density at radius 1 is 0.788 bits per heavy atom. The molecule has 0 saturated heterocycles. The number of hydrogen-bond acceptors (Lipinski definition) is 2. The van der Waals surface area contributed by atoms with Gasteiger partial charge in [0.1, 0.15) is 12.4 Å². The summed E-state index contributed by atoms with van der Waals surface area (Å²) < 4.78 is 5.97. The second kappa shape index (κ2) is 11.3. The number of amides is 1. The Hall–Kier alpha value is -3.56. The maximum atomic E-state index is 13.2. The molecule has 0 aliphatic carbocycles. The quantitative estimate of drug-likeness (QED) is 0.277. The van der Waals surface area contributed by atoms with Crippen molar-refractivity contribution < 1.29 is 9.53 Å². The summed E-state index contributed by atoms with van der Waals surface area (Å²) in [5.41, 5.74) is 4.63. The fourth-order valence-electron chi connectivity index (χ4n) is 3.68. The number of hydrogen-bond donors (Lipinski definition) is 1. The molecule has 0 radical (unpaired) electrons. The van der Waals surface area contributed by atoms with Crippen molar-refractivity contribution in [1.82, 2.24) is 5.32 Å². The molecule has 0 fully saturated rings. The molecule has 166 valence electrons. The average Bonchev–Trinajstić information content (AvgIpc) is 2.86. The number of aryl methyl sites for hydroxylation is 1. The Morgan fingerprint density at radius 2 is 1.52 bits per heavy atom. The number of carbonyl (C=O) groups excluding carboxylic acids is 1. The largest absolute Gasteiger partial charge is 0.489 e. The third-order valence-corrected chi connectivity index (χ3v) is 5.63. The van der Waals surface area contributed by atoms with Crippen molar-refractivity contribution in [1.29, 1.82) is 0 Å². The predicted molar refractivity (Wildman–Crippen MR) is 135 cm³/mol. The van der Waals surface area contributed by atoms with E-state index in [1.54, 1.807) is 0 Å². The first kappa shape index (κ1) is 22.6. The number of halogens is 1. The maximum absolute atomic E-state index is 13.2. The maximum Gasteiger partial charge on any atom is 0.252 e. The van der Waals surface area contributed by atoms with Crippen LogP contribution in [0.15, 0.2) is 103 Å². The van der Waals surface area contributed by atoms with E-state index in [0.29, 0.717) is 29.5 Å². The van der Waals surface area contributed by atoms with Gasteiger partial charge in [0.25, 0.3) is 5.91 Å². The molecule has 33 heavy (non-hydrogen) atoms. The Kier molecular flexibility index (Phi) is 7.78. The van der Waals surface area contributed by atoms with E-state index in [1.807, 2.05) is 91.0 Å². The van der Waals surface area contributed by atoms with Gasteiger partial charge in [0.05, 0.1) is 5.56 Å². The lowest BCUT2D eigenvalue weighted by molar-refractivity contribution is 0.0953. The van der Waals surface area contributed by atoms with Crippen molar-refractivity contribution in [3.8, 4) is 16.9 Å². The third-order valence-electron chi connectivity index (χ3n) is 5.39. The lowest BCUT2D eigenvalue weighted by Gasteiger charge is -2.14. The predicted octanol–water partition coefficient (Wildman–Crippen LogP) is 6.95. The van der Waals surface area contributed by atoms with Crippen LogP contribution in [0.5, 0.6) is 5.75 Å². The second-order valence-corrected chi connectivity index (χ2v) is 8.27. The van der Waals surface area contributed by atoms with Crippen LogP contribution >= 0.6 is 11.6 Å². The van der Waals surface area contributed by atoms with Crippen LogP contribution in [0.1, 0.15) is 27.9 Å². The van der Waals surface area contributed by atoms with Crippen molar-refractivity contribution >= 4 is 17.5 Å². The van der Waals surface area contributed by atoms with Gasteiger partial charge in [0.2, 0.25) is 0 Å². The molecular weight excluding hydrogens is 430 g/mol. The van der Waals surface area contributed by atoms with Crippen LogP contribution in [0.2, 0.25) is 5.02 Å². The molecule has 0 heterocycles. The Bertz CT molecular complexity index is 1190. The summed E-state index contributed by atoms with van der Waals surface area (Å²) in [6.45, 7) is 1.04. The Morgan fingerprint density at radius 3 is 2.24 bits per heavy atom. The van der Waals surface area contributed by atoms with Crippen molar-refractivity contribution in [2.24, 2.45) is 0 Å². The number of rotatable bonds is 9. The first-order chi connectivity index (χ1) is 16.2. The van der Waals surface area contributed by atoms with E-state index in [9.17, 15) is 4.79 Å². The zero-order valence-electron chi connectivity index (χ0n) is 18.3. The smallest absolute Gasteiger partial charge is 0.252 e. The van der Waals surface area contributed by atoms with Crippen LogP contribution in [0.3, 0.4) is 0 Å². The molecule has 3 nitrogen and oxygen atoms in total. The van der Waals surface area contributed by atoms with Gasteiger partial charge in [-0.25, -0.2) is 0 Å². The van der Waals surface area contributed by atoms with Crippen LogP contribution in [0.4, 0.5) is 0 Å². The summed E-state index contributed by atoms with van der Waals surface area (Å²) in [4.78, 5) is 13.2. The first-order valence-electron chi connectivity index (χ1n) is 11.1. The van der Waals surface area contributed by atoms with Gasteiger partial charge in [0, 0.05) is 11.6 Å². The van der Waals surface area contributed by atoms with Crippen LogP contribution in [0, 0.1) is 0 Å². The molecule has 0 aliphatic rings. The standard InChI is InChI=1S/C29H26ClNO2/c30-25-15-7-14-24(19-25)27-17-16-26(33-21-23-11-5-2-6-12-23)20-28(27)29(32)31-18-8-13-22-9-3-1-4-10-22/h1-7,9-12,14-17,19-20H,8,13,18,21H2,(H,31,32). The zero-order chi connectivity index (χ0) is 22.9. The molecule has 0 bridgehead atoms. The van der Waals surface area contributed by atoms with E-state index in [-0.39, 0.29) is 5.91 Å². The fraction of sp³-hybridized carbons (Fsp3) is 0.138. The average molecular weight is 456 g/mol. The Labute approximate surface area is 200 Å². The molecule has 4 heteroatoms. The highest BCUT2D eigenvalue weighted by Crippen LogP contribution is 2.29. The zero-order valence-corrected chi connectivity index (χ0v) is 19.1. The van der Waals surface area contributed by atoms with Gasteiger partial charge in [-0.3, -0.25) is 4.79 Å². The monoisotopic (exact) mass is 455 g/mol. The van der Waals surface area contributed by atoms with Gasteiger partial charge in [-0.1, -0.05) is 84.4 Å². The van der Waals surface area contributed by atoms with Gasteiger partial charge in [0.15, 0.2) is 0 Å². The third kappa shape index (κ3) is 6.47. The van der Waals surface area contributed by atoms with E-state index >= 15 is 0 Å². The summed E-state index contributed by atoms with van der Waals surface area (Å²) in [5, 5.41) is 3.70. The second-order valence-electron chi connectivity index (χ2n) is 7.84. The highest BCUT2D eigenvalue weighted by Gasteiger charge is 2.15. The summed E-state index contributed by atoms with van der Waals surface area (Å²) in [6, 6.07) is 33.4. The Balaban J connectivity index is 1.49. The minimum Gasteiger partial charge on any atom is -0.489 e. The van der Waals surface area contributed by atoms with E-state index in [2.05, 4.69) is 17.4 Å². The molecule has 1 N–H and O–H groups in total. The van der Waals surface area contributed by atoms with Gasteiger partial charge < -0.3 is 10.1 Å². The molecule has 0 saturated carbocycles. The van der Waals surface area contributed by atoms with Crippen LogP contribution in [0.25, 0.3) is 11.1 Å².